The number of hydrogen-bond donors (Lipinski definition) is 1. The van der Waals surface area contributed by atoms with Gasteiger partial charge in [0.2, 0.25) is 5.91 Å². The van der Waals surface area contributed by atoms with E-state index >= 15 is 0 Å². The van der Waals surface area contributed by atoms with Gasteiger partial charge in [-0.05, 0) is 19.1 Å². The van der Waals surface area contributed by atoms with E-state index in [2.05, 4.69) is 0 Å². The summed E-state index contributed by atoms with van der Waals surface area (Å²) in [6.45, 7) is 1.66. The van der Waals surface area contributed by atoms with Gasteiger partial charge in [0.25, 0.3) is 0 Å². The molecule has 1 rings (SSSR count). The maximum atomic E-state index is 11.6. The number of rotatable bonds is 3. The third-order valence-corrected chi connectivity index (χ3v) is 2.94. The number of nitrogens with zero attached hydrogens (tertiary/aromatic N) is 1. The van der Waals surface area contributed by atoms with E-state index in [9.17, 15) is 4.79 Å². The lowest BCUT2D eigenvalue weighted by atomic mass is 10.1. The average molecular weight is 202 g/mol. The zero-order valence-corrected chi connectivity index (χ0v) is 8.98. The molecule has 1 amide bonds. The summed E-state index contributed by atoms with van der Waals surface area (Å²) in [5.41, 5.74) is 5.79. The predicted molar refractivity (Wildman–Crippen MR) is 56.8 cm³/mol. The highest BCUT2D eigenvalue weighted by molar-refractivity contribution is 7.98. The van der Waals surface area contributed by atoms with Gasteiger partial charge in [-0.1, -0.05) is 0 Å². The van der Waals surface area contributed by atoms with Crippen LogP contribution in [0.15, 0.2) is 0 Å². The quantitative estimate of drug-likeness (QED) is 0.732. The van der Waals surface area contributed by atoms with Crippen LogP contribution in [0.25, 0.3) is 0 Å². The Bertz CT molecular complexity index is 175. The molecule has 0 saturated carbocycles. The summed E-state index contributed by atoms with van der Waals surface area (Å²) in [5.74, 6) is 1.19. The topological polar surface area (TPSA) is 46.3 Å². The van der Waals surface area contributed by atoms with Crippen molar-refractivity contribution in [2.24, 2.45) is 5.73 Å². The molecule has 0 spiro atoms. The first-order valence-corrected chi connectivity index (χ1v) is 6.15. The van der Waals surface area contributed by atoms with E-state index in [1.165, 1.54) is 0 Å². The van der Waals surface area contributed by atoms with Gasteiger partial charge in [0.05, 0.1) is 0 Å². The number of carbonyl (C=O) groups is 1. The van der Waals surface area contributed by atoms with E-state index in [0.717, 1.165) is 31.7 Å². The summed E-state index contributed by atoms with van der Waals surface area (Å²) in [4.78, 5) is 13.5. The molecule has 0 aliphatic carbocycles. The molecule has 1 atom stereocenters. The Balaban J connectivity index is 2.28. The summed E-state index contributed by atoms with van der Waals surface area (Å²) in [6, 6.07) is 0.201. The summed E-state index contributed by atoms with van der Waals surface area (Å²) in [7, 11) is 0. The van der Waals surface area contributed by atoms with Gasteiger partial charge in [-0.3, -0.25) is 4.79 Å². The SMILES string of the molecule is CSCCC(=O)N1CCC[C@@H](N)C1. The molecular formula is C9H18N2OS. The van der Waals surface area contributed by atoms with Gasteiger partial charge in [0.15, 0.2) is 0 Å². The summed E-state index contributed by atoms with van der Waals surface area (Å²) in [5, 5.41) is 0. The van der Waals surface area contributed by atoms with Crippen LogP contribution in [-0.4, -0.2) is 41.9 Å². The number of amides is 1. The second-order valence-electron chi connectivity index (χ2n) is 3.48. The molecule has 3 nitrogen and oxygen atoms in total. The molecule has 1 fully saturated rings. The number of thioether (sulfide) groups is 1. The lowest BCUT2D eigenvalue weighted by molar-refractivity contribution is -0.131. The Hall–Kier alpha value is -0.220. The molecule has 0 aromatic carbocycles. The molecule has 0 radical (unpaired) electrons. The molecule has 13 heavy (non-hydrogen) atoms. The van der Waals surface area contributed by atoms with Crippen molar-refractivity contribution in [3.63, 3.8) is 0 Å². The molecular weight excluding hydrogens is 184 g/mol. The third-order valence-electron chi connectivity index (χ3n) is 2.33. The van der Waals surface area contributed by atoms with Gasteiger partial charge in [0, 0.05) is 31.3 Å². The van der Waals surface area contributed by atoms with Gasteiger partial charge in [0.1, 0.15) is 0 Å². The molecule has 1 aliphatic rings. The van der Waals surface area contributed by atoms with Gasteiger partial charge >= 0.3 is 0 Å². The van der Waals surface area contributed by atoms with Crippen LogP contribution >= 0.6 is 11.8 Å². The highest BCUT2D eigenvalue weighted by atomic mass is 32.2. The fourth-order valence-electron chi connectivity index (χ4n) is 1.58. The standard InChI is InChI=1S/C9H18N2OS/c1-13-6-4-9(12)11-5-2-3-8(10)7-11/h8H,2-7,10H2,1H3/t8-/m1/s1. The van der Waals surface area contributed by atoms with Gasteiger partial charge in [-0.15, -0.1) is 0 Å². The number of likely N-dealkylation sites (tertiary alicyclic amines) is 1. The van der Waals surface area contributed by atoms with Crippen LogP contribution in [0.1, 0.15) is 19.3 Å². The number of nitrogens with two attached hydrogens (primary N) is 1. The smallest absolute Gasteiger partial charge is 0.223 e. The van der Waals surface area contributed by atoms with Crippen molar-refractivity contribution in [1.29, 1.82) is 0 Å². The third kappa shape index (κ3) is 3.56. The Morgan fingerprint density at radius 2 is 2.46 bits per heavy atom. The van der Waals surface area contributed by atoms with Crippen LogP contribution in [-0.2, 0) is 4.79 Å². The van der Waals surface area contributed by atoms with E-state index < -0.39 is 0 Å². The largest absolute Gasteiger partial charge is 0.341 e. The Kier molecular flexibility index (Phi) is 4.59. The number of hydrogen-bond acceptors (Lipinski definition) is 3. The second kappa shape index (κ2) is 5.50. The summed E-state index contributed by atoms with van der Waals surface area (Å²) < 4.78 is 0. The Morgan fingerprint density at radius 1 is 1.69 bits per heavy atom. The number of piperidine rings is 1. The van der Waals surface area contributed by atoms with Crippen molar-refractivity contribution in [2.45, 2.75) is 25.3 Å². The van der Waals surface area contributed by atoms with Gasteiger partial charge < -0.3 is 10.6 Å². The first-order valence-electron chi connectivity index (χ1n) is 4.76. The minimum Gasteiger partial charge on any atom is -0.341 e. The average Bonchev–Trinajstić information content (AvgIpc) is 2.14. The molecule has 1 saturated heterocycles. The van der Waals surface area contributed by atoms with Gasteiger partial charge in [-0.25, -0.2) is 0 Å². The van der Waals surface area contributed by atoms with Crippen molar-refractivity contribution in [1.82, 2.24) is 4.90 Å². The molecule has 1 aliphatic heterocycles. The predicted octanol–water partition coefficient (Wildman–Crippen LogP) is 0.689. The first-order chi connectivity index (χ1) is 6.24. The van der Waals surface area contributed by atoms with Crippen LogP contribution in [0.2, 0.25) is 0 Å². The zero-order chi connectivity index (χ0) is 9.68. The van der Waals surface area contributed by atoms with E-state index in [4.69, 9.17) is 5.73 Å². The lowest BCUT2D eigenvalue weighted by Crippen LogP contribution is -2.45. The van der Waals surface area contributed by atoms with Gasteiger partial charge in [-0.2, -0.15) is 11.8 Å². The van der Waals surface area contributed by atoms with Crippen molar-refractivity contribution < 1.29 is 4.79 Å². The minimum absolute atomic E-state index is 0.201. The highest BCUT2D eigenvalue weighted by Crippen LogP contribution is 2.10. The van der Waals surface area contributed by atoms with E-state index in [0.29, 0.717) is 6.42 Å². The van der Waals surface area contributed by atoms with E-state index in [1.54, 1.807) is 11.8 Å². The van der Waals surface area contributed by atoms with Crippen LogP contribution < -0.4 is 5.73 Å². The highest BCUT2D eigenvalue weighted by Gasteiger charge is 2.20. The molecule has 2 N–H and O–H groups in total. The summed E-state index contributed by atoms with van der Waals surface area (Å²) >= 11 is 1.72. The van der Waals surface area contributed by atoms with Crippen molar-refractivity contribution in [3.05, 3.63) is 0 Å². The molecule has 4 heteroatoms. The maximum Gasteiger partial charge on any atom is 0.223 e. The van der Waals surface area contributed by atoms with E-state index in [-0.39, 0.29) is 11.9 Å². The normalized spacial score (nSPS) is 23.2. The molecule has 1 heterocycles. The molecule has 0 aromatic heterocycles. The Labute approximate surface area is 84.0 Å². The monoisotopic (exact) mass is 202 g/mol. The molecule has 0 unspecified atom stereocenters. The first kappa shape index (κ1) is 10.9. The number of carbonyl (C=O) groups excluding carboxylic acids is 1. The molecule has 0 aromatic rings. The Morgan fingerprint density at radius 3 is 3.08 bits per heavy atom. The van der Waals surface area contributed by atoms with Crippen LogP contribution in [0.3, 0.4) is 0 Å². The zero-order valence-electron chi connectivity index (χ0n) is 8.16. The maximum absolute atomic E-state index is 11.6. The van der Waals surface area contributed by atoms with Crippen molar-refractivity contribution >= 4 is 17.7 Å². The molecule has 0 bridgehead atoms. The van der Waals surface area contributed by atoms with Crippen molar-refractivity contribution in [3.8, 4) is 0 Å². The van der Waals surface area contributed by atoms with Crippen LogP contribution in [0.5, 0.6) is 0 Å². The second-order valence-corrected chi connectivity index (χ2v) is 4.47. The fraction of sp³-hybridized carbons (Fsp3) is 0.889. The van der Waals surface area contributed by atoms with Crippen LogP contribution in [0, 0.1) is 0 Å². The van der Waals surface area contributed by atoms with Crippen molar-refractivity contribution in [2.75, 3.05) is 25.1 Å². The summed E-state index contributed by atoms with van der Waals surface area (Å²) in [6.07, 6.45) is 4.81. The van der Waals surface area contributed by atoms with E-state index in [1.807, 2.05) is 11.2 Å². The molecule has 76 valence electrons. The fourth-order valence-corrected chi connectivity index (χ4v) is 1.96. The lowest BCUT2D eigenvalue weighted by Gasteiger charge is -2.30. The minimum atomic E-state index is 0.201. The van der Waals surface area contributed by atoms with Crippen LogP contribution in [0.4, 0.5) is 0 Å².